The molecule has 0 atom stereocenters. The summed E-state index contributed by atoms with van der Waals surface area (Å²) in [6, 6.07) is 8.18. The molecule has 6 heteroatoms. The number of carbonyl (C=O) groups is 2. The van der Waals surface area contributed by atoms with Gasteiger partial charge in [0.1, 0.15) is 6.54 Å². The van der Waals surface area contributed by atoms with Gasteiger partial charge in [-0.2, -0.15) is 11.8 Å². The molecule has 1 saturated carbocycles. The van der Waals surface area contributed by atoms with Crippen LogP contribution in [0, 0.1) is 6.92 Å². The Balaban J connectivity index is 1.31. The second-order valence-corrected chi connectivity index (χ2v) is 9.36. The summed E-state index contributed by atoms with van der Waals surface area (Å²) in [5.74, 6) is 1.06. The third-order valence-electron chi connectivity index (χ3n) is 5.52. The van der Waals surface area contributed by atoms with E-state index in [2.05, 4.69) is 36.1 Å². The molecule has 28 heavy (non-hydrogen) atoms. The molecule has 1 saturated heterocycles. The van der Waals surface area contributed by atoms with E-state index in [4.69, 9.17) is 0 Å². The highest BCUT2D eigenvalue weighted by molar-refractivity contribution is 7.99. The average Bonchev–Trinajstić information content (AvgIpc) is 3.02. The monoisotopic (exact) mass is 403 g/mol. The molecule has 5 nitrogen and oxygen atoms in total. The van der Waals surface area contributed by atoms with Gasteiger partial charge in [-0.1, -0.05) is 49.1 Å². The standard InChI is InChI=1S/C22H33N3O2S/c1-18-7-5-8-19(15-18)16-24-12-13-25(22(24)27)17-21(26)23-11-6-14-28-20-9-3-2-4-10-20/h5,7-8,15,20H,2-4,6,9-14,16-17H2,1H3,(H,23,26). The van der Waals surface area contributed by atoms with Crippen molar-refractivity contribution in [2.45, 2.75) is 57.2 Å². The molecular weight excluding hydrogens is 370 g/mol. The minimum atomic E-state index is -0.0478. The van der Waals surface area contributed by atoms with E-state index in [-0.39, 0.29) is 18.5 Å². The van der Waals surface area contributed by atoms with E-state index >= 15 is 0 Å². The van der Waals surface area contributed by atoms with Crippen molar-refractivity contribution in [3.8, 4) is 0 Å². The summed E-state index contributed by atoms with van der Waals surface area (Å²) in [6.45, 7) is 4.83. The molecule has 0 radical (unpaired) electrons. The number of urea groups is 1. The van der Waals surface area contributed by atoms with Crippen LogP contribution >= 0.6 is 11.8 Å². The van der Waals surface area contributed by atoms with Gasteiger partial charge in [0.2, 0.25) is 5.91 Å². The summed E-state index contributed by atoms with van der Waals surface area (Å²) in [7, 11) is 0. The van der Waals surface area contributed by atoms with E-state index in [0.717, 1.165) is 23.0 Å². The molecule has 1 aliphatic heterocycles. The summed E-state index contributed by atoms with van der Waals surface area (Å²) in [4.78, 5) is 28.2. The lowest BCUT2D eigenvalue weighted by Crippen LogP contribution is -2.40. The molecule has 0 unspecified atom stereocenters. The smallest absolute Gasteiger partial charge is 0.320 e. The molecule has 3 rings (SSSR count). The highest BCUT2D eigenvalue weighted by Crippen LogP contribution is 2.28. The Hall–Kier alpha value is -1.69. The van der Waals surface area contributed by atoms with Crippen molar-refractivity contribution < 1.29 is 9.59 Å². The number of benzene rings is 1. The zero-order valence-corrected chi connectivity index (χ0v) is 17.8. The molecule has 0 aromatic heterocycles. The molecule has 1 heterocycles. The van der Waals surface area contributed by atoms with Gasteiger partial charge in [-0.3, -0.25) is 4.79 Å². The van der Waals surface area contributed by atoms with Gasteiger partial charge in [0.15, 0.2) is 0 Å². The molecule has 2 fully saturated rings. The topological polar surface area (TPSA) is 52.6 Å². The fourth-order valence-electron chi connectivity index (χ4n) is 3.97. The molecule has 0 spiro atoms. The normalized spacial score (nSPS) is 18.0. The van der Waals surface area contributed by atoms with Crippen LogP contribution in [0.2, 0.25) is 0 Å². The summed E-state index contributed by atoms with van der Waals surface area (Å²) in [6.07, 6.45) is 7.85. The molecule has 1 aromatic carbocycles. The zero-order chi connectivity index (χ0) is 19.8. The van der Waals surface area contributed by atoms with Crippen molar-refractivity contribution in [1.82, 2.24) is 15.1 Å². The molecule has 1 aromatic rings. The minimum absolute atomic E-state index is 0.0375. The molecule has 3 amide bonds. The van der Waals surface area contributed by atoms with Crippen molar-refractivity contribution in [2.75, 3.05) is 31.9 Å². The van der Waals surface area contributed by atoms with Crippen LogP contribution < -0.4 is 5.32 Å². The number of hydrogen-bond donors (Lipinski definition) is 1. The van der Waals surface area contributed by atoms with Crippen molar-refractivity contribution in [1.29, 1.82) is 0 Å². The van der Waals surface area contributed by atoms with E-state index in [1.807, 2.05) is 17.0 Å². The first kappa shape index (κ1) is 21.0. The zero-order valence-electron chi connectivity index (χ0n) is 17.0. The maximum absolute atomic E-state index is 12.6. The van der Waals surface area contributed by atoms with Gasteiger partial charge in [0, 0.05) is 31.4 Å². The van der Waals surface area contributed by atoms with Crippen molar-refractivity contribution in [3.63, 3.8) is 0 Å². The average molecular weight is 404 g/mol. The lowest BCUT2D eigenvalue weighted by Gasteiger charge is -2.21. The first-order valence-corrected chi connectivity index (χ1v) is 11.6. The largest absolute Gasteiger partial charge is 0.355 e. The van der Waals surface area contributed by atoms with Crippen LogP contribution in [0.1, 0.15) is 49.7 Å². The fourth-order valence-corrected chi connectivity index (χ4v) is 5.28. The minimum Gasteiger partial charge on any atom is -0.355 e. The van der Waals surface area contributed by atoms with Crippen molar-refractivity contribution in [3.05, 3.63) is 35.4 Å². The Bertz CT molecular complexity index is 661. The molecule has 1 N–H and O–H groups in total. The van der Waals surface area contributed by atoms with Gasteiger partial charge in [0.05, 0.1) is 0 Å². The van der Waals surface area contributed by atoms with Crippen LogP contribution in [-0.2, 0) is 11.3 Å². The van der Waals surface area contributed by atoms with Crippen LogP contribution in [0.4, 0.5) is 4.79 Å². The van der Waals surface area contributed by atoms with Gasteiger partial charge in [-0.15, -0.1) is 0 Å². The maximum Gasteiger partial charge on any atom is 0.320 e. The van der Waals surface area contributed by atoms with Gasteiger partial charge in [-0.25, -0.2) is 4.79 Å². The lowest BCUT2D eigenvalue weighted by molar-refractivity contribution is -0.121. The molecule has 0 bridgehead atoms. The number of thioether (sulfide) groups is 1. The number of hydrogen-bond acceptors (Lipinski definition) is 3. The van der Waals surface area contributed by atoms with Gasteiger partial charge in [0.25, 0.3) is 0 Å². The molecule has 2 aliphatic rings. The van der Waals surface area contributed by atoms with Gasteiger partial charge < -0.3 is 15.1 Å². The van der Waals surface area contributed by atoms with E-state index in [9.17, 15) is 9.59 Å². The second kappa shape index (κ2) is 10.7. The van der Waals surface area contributed by atoms with Crippen LogP contribution in [0.25, 0.3) is 0 Å². The Morgan fingerprint density at radius 3 is 2.75 bits per heavy atom. The number of carbonyl (C=O) groups excluding carboxylic acids is 2. The number of nitrogens with zero attached hydrogens (tertiary/aromatic N) is 2. The van der Waals surface area contributed by atoms with E-state index in [1.165, 1.54) is 37.7 Å². The maximum atomic E-state index is 12.6. The van der Waals surface area contributed by atoms with E-state index in [1.54, 1.807) is 4.90 Å². The molecule has 154 valence electrons. The Morgan fingerprint density at radius 2 is 1.96 bits per heavy atom. The van der Waals surface area contributed by atoms with Crippen LogP contribution in [-0.4, -0.2) is 58.9 Å². The Labute approximate surface area is 173 Å². The Morgan fingerprint density at radius 1 is 1.18 bits per heavy atom. The quantitative estimate of drug-likeness (QED) is 0.638. The van der Waals surface area contributed by atoms with E-state index in [0.29, 0.717) is 26.2 Å². The van der Waals surface area contributed by atoms with Gasteiger partial charge >= 0.3 is 6.03 Å². The van der Waals surface area contributed by atoms with Crippen molar-refractivity contribution in [2.24, 2.45) is 0 Å². The van der Waals surface area contributed by atoms with E-state index < -0.39 is 0 Å². The van der Waals surface area contributed by atoms with Gasteiger partial charge in [-0.05, 0) is 37.5 Å². The first-order valence-electron chi connectivity index (χ1n) is 10.6. The summed E-state index contributed by atoms with van der Waals surface area (Å²) >= 11 is 2.06. The van der Waals surface area contributed by atoms with Crippen LogP contribution in [0.15, 0.2) is 24.3 Å². The number of rotatable bonds is 9. The molecule has 1 aliphatic carbocycles. The first-order chi connectivity index (χ1) is 13.6. The fraction of sp³-hybridized carbons (Fsp3) is 0.636. The van der Waals surface area contributed by atoms with Crippen LogP contribution in [0.5, 0.6) is 0 Å². The second-order valence-electron chi connectivity index (χ2n) is 7.95. The number of amides is 3. The lowest BCUT2D eigenvalue weighted by atomic mass is 10.0. The number of nitrogens with one attached hydrogen (secondary N) is 1. The third kappa shape index (κ3) is 6.43. The summed E-state index contributed by atoms with van der Waals surface area (Å²) in [5, 5.41) is 3.80. The predicted molar refractivity (Wildman–Crippen MR) is 116 cm³/mol. The number of aryl methyl sites for hydroxylation is 1. The van der Waals surface area contributed by atoms with Crippen LogP contribution in [0.3, 0.4) is 0 Å². The third-order valence-corrected chi connectivity index (χ3v) is 6.99. The highest BCUT2D eigenvalue weighted by atomic mass is 32.2. The SMILES string of the molecule is Cc1cccc(CN2CCN(CC(=O)NCCCSC3CCCCC3)C2=O)c1. The van der Waals surface area contributed by atoms with Crippen molar-refractivity contribution >= 4 is 23.7 Å². The Kier molecular flexibility index (Phi) is 8.07. The summed E-state index contributed by atoms with van der Waals surface area (Å²) < 4.78 is 0. The highest BCUT2D eigenvalue weighted by Gasteiger charge is 2.29. The predicted octanol–water partition coefficient (Wildman–Crippen LogP) is 3.80. The molecular formula is C22H33N3O2S. The summed E-state index contributed by atoms with van der Waals surface area (Å²) in [5.41, 5.74) is 2.33.